The van der Waals surface area contributed by atoms with Gasteiger partial charge in [0, 0.05) is 53.8 Å². The molecule has 4 heterocycles. The van der Waals surface area contributed by atoms with Crippen LogP contribution in [-0.2, 0) is 4.74 Å². The minimum atomic E-state index is -0.523. The molecule has 9 heteroatoms. The van der Waals surface area contributed by atoms with Gasteiger partial charge in [-0.1, -0.05) is 30.3 Å². The summed E-state index contributed by atoms with van der Waals surface area (Å²) < 4.78 is 8.16. The van der Waals surface area contributed by atoms with E-state index in [4.69, 9.17) is 15.5 Å². The summed E-state index contributed by atoms with van der Waals surface area (Å²) in [7, 11) is 0. The van der Waals surface area contributed by atoms with E-state index in [0.717, 1.165) is 52.8 Å². The number of amides is 1. The molecule has 1 fully saturated rings. The van der Waals surface area contributed by atoms with Crippen molar-refractivity contribution in [2.45, 2.75) is 6.10 Å². The number of carbonyl (C=O) groups excluding carboxylic acids is 1. The van der Waals surface area contributed by atoms with Gasteiger partial charge in [-0.05, 0) is 35.9 Å². The molecule has 8 nitrogen and oxygen atoms in total. The second-order valence-corrected chi connectivity index (χ2v) is 10.1. The average Bonchev–Trinajstić information content (AvgIpc) is 3.65. The number of thioether (sulfide) groups is 1. The number of benzene rings is 2. The van der Waals surface area contributed by atoms with Crippen molar-refractivity contribution >= 4 is 17.7 Å². The van der Waals surface area contributed by atoms with E-state index < -0.39 is 5.91 Å². The van der Waals surface area contributed by atoms with Gasteiger partial charge in [0.1, 0.15) is 17.8 Å². The molecular weight excluding hydrogens is 484 g/mol. The van der Waals surface area contributed by atoms with Crippen LogP contribution in [0.2, 0.25) is 0 Å². The van der Waals surface area contributed by atoms with Crippen molar-refractivity contribution in [3.63, 3.8) is 0 Å². The number of primary amides is 1. The van der Waals surface area contributed by atoms with Crippen LogP contribution in [0.1, 0.15) is 22.2 Å². The second kappa shape index (κ2) is 10.0. The Hall–Kier alpha value is -4.24. The maximum atomic E-state index is 12.6. The highest BCUT2D eigenvalue weighted by molar-refractivity contribution is 7.99. The molecule has 4 aromatic rings. The first-order valence-electron chi connectivity index (χ1n) is 12.1. The van der Waals surface area contributed by atoms with Crippen molar-refractivity contribution in [1.82, 2.24) is 24.6 Å². The molecule has 0 bridgehead atoms. The van der Waals surface area contributed by atoms with Gasteiger partial charge in [-0.3, -0.25) is 14.5 Å². The minimum absolute atomic E-state index is 0.357. The molecule has 0 aliphatic carbocycles. The number of hydrogen-bond acceptors (Lipinski definition) is 6. The van der Waals surface area contributed by atoms with Crippen LogP contribution in [0, 0.1) is 0 Å². The Morgan fingerprint density at radius 1 is 1.11 bits per heavy atom. The van der Waals surface area contributed by atoms with Crippen LogP contribution in [0.25, 0.3) is 28.2 Å². The van der Waals surface area contributed by atoms with Gasteiger partial charge in [-0.2, -0.15) is 16.9 Å². The van der Waals surface area contributed by atoms with Gasteiger partial charge in [0.05, 0.1) is 17.5 Å². The van der Waals surface area contributed by atoms with Gasteiger partial charge >= 0.3 is 0 Å². The highest BCUT2D eigenvalue weighted by Gasteiger charge is 2.26. The van der Waals surface area contributed by atoms with Crippen LogP contribution in [0.5, 0.6) is 0 Å². The molecule has 1 atom stereocenters. The smallest absolute Gasteiger partial charge is 0.249 e. The number of nitrogens with one attached hydrogen (secondary N) is 1. The van der Waals surface area contributed by atoms with Crippen molar-refractivity contribution in [2.24, 2.45) is 5.73 Å². The molecule has 1 unspecified atom stereocenters. The van der Waals surface area contributed by atoms with Crippen LogP contribution < -0.4 is 5.73 Å². The van der Waals surface area contributed by atoms with E-state index in [9.17, 15) is 4.79 Å². The molecule has 186 valence electrons. The summed E-state index contributed by atoms with van der Waals surface area (Å²) in [4.78, 5) is 20.0. The molecule has 2 aliphatic rings. The van der Waals surface area contributed by atoms with E-state index in [1.165, 1.54) is 0 Å². The molecule has 0 radical (unpaired) electrons. The van der Waals surface area contributed by atoms with Crippen molar-refractivity contribution in [1.29, 1.82) is 0 Å². The van der Waals surface area contributed by atoms with Crippen LogP contribution in [-0.4, -0.2) is 55.2 Å². The van der Waals surface area contributed by atoms with Crippen molar-refractivity contribution < 1.29 is 9.53 Å². The molecule has 1 saturated heterocycles. The van der Waals surface area contributed by atoms with Crippen LogP contribution in [0.15, 0.2) is 91.2 Å². The number of carbonyl (C=O) groups is 1. The fourth-order valence-corrected chi connectivity index (χ4v) is 5.62. The first-order valence-corrected chi connectivity index (χ1v) is 13.3. The van der Waals surface area contributed by atoms with Gasteiger partial charge in [-0.15, -0.1) is 0 Å². The topological polar surface area (TPSA) is 102 Å². The molecule has 1 amide bonds. The van der Waals surface area contributed by atoms with E-state index in [1.807, 2.05) is 77.3 Å². The summed E-state index contributed by atoms with van der Waals surface area (Å²) >= 11 is 1.98. The number of imidazole rings is 1. The van der Waals surface area contributed by atoms with E-state index in [0.29, 0.717) is 17.0 Å². The summed E-state index contributed by atoms with van der Waals surface area (Å²) in [6.07, 6.45) is 11.1. The van der Waals surface area contributed by atoms with E-state index in [1.54, 1.807) is 18.5 Å². The van der Waals surface area contributed by atoms with Crippen LogP contribution in [0.3, 0.4) is 0 Å². The normalized spacial score (nSPS) is 17.4. The summed E-state index contributed by atoms with van der Waals surface area (Å²) in [5.41, 5.74) is 11.3. The Bertz CT molecular complexity index is 1470. The largest absolute Gasteiger partial charge is 0.485 e. The van der Waals surface area contributed by atoms with Gasteiger partial charge in [0.25, 0.3) is 0 Å². The zero-order valence-corrected chi connectivity index (χ0v) is 20.9. The first-order chi connectivity index (χ1) is 18.2. The lowest BCUT2D eigenvalue weighted by molar-refractivity contribution is 0.100. The number of hydrogen-bond donors (Lipinski definition) is 2. The molecule has 37 heavy (non-hydrogen) atoms. The molecule has 0 spiro atoms. The van der Waals surface area contributed by atoms with E-state index >= 15 is 0 Å². The predicted octanol–water partition coefficient (Wildman–Crippen LogP) is 4.55. The lowest BCUT2D eigenvalue weighted by atomic mass is 9.96. The molecule has 2 aliphatic heterocycles. The highest BCUT2D eigenvalue weighted by Crippen LogP contribution is 2.37. The van der Waals surface area contributed by atoms with Gasteiger partial charge in [0.15, 0.2) is 6.10 Å². The Kier molecular flexibility index (Phi) is 6.28. The predicted molar refractivity (Wildman–Crippen MR) is 145 cm³/mol. The Morgan fingerprint density at radius 2 is 1.95 bits per heavy atom. The van der Waals surface area contributed by atoms with Crippen molar-refractivity contribution in [3.8, 4) is 28.2 Å². The minimum Gasteiger partial charge on any atom is -0.485 e. The second-order valence-electron chi connectivity index (χ2n) is 8.83. The Morgan fingerprint density at radius 3 is 2.65 bits per heavy atom. The Balaban J connectivity index is 1.45. The van der Waals surface area contributed by atoms with Gasteiger partial charge < -0.3 is 15.4 Å². The molecule has 2 aromatic heterocycles. The van der Waals surface area contributed by atoms with Crippen molar-refractivity contribution in [3.05, 3.63) is 102 Å². The number of rotatable bonds is 6. The highest BCUT2D eigenvalue weighted by atomic mass is 32.2. The number of ether oxygens (including phenoxy) is 1. The number of nitrogens with two attached hydrogens (primary N) is 1. The SMILES string of the molecule is NC(=O)c1cccc(-c2cn[nH]c2)c1-c1nc(C2C=CC(N3CCSCC3)=CO2)cn1-c1ccccc1. The number of H-pyrrole nitrogens is 1. The van der Waals surface area contributed by atoms with Gasteiger partial charge in [-0.25, -0.2) is 4.98 Å². The third-order valence-electron chi connectivity index (χ3n) is 6.57. The van der Waals surface area contributed by atoms with Crippen molar-refractivity contribution in [2.75, 3.05) is 24.6 Å². The number of allylic oxidation sites excluding steroid dienone is 1. The molecule has 6 rings (SSSR count). The first kappa shape index (κ1) is 23.2. The van der Waals surface area contributed by atoms with Crippen LogP contribution in [0.4, 0.5) is 0 Å². The maximum Gasteiger partial charge on any atom is 0.249 e. The summed E-state index contributed by atoms with van der Waals surface area (Å²) in [5.74, 6) is 2.33. The maximum absolute atomic E-state index is 12.6. The number of nitrogens with zero attached hydrogens (tertiary/aromatic N) is 4. The quantitative estimate of drug-likeness (QED) is 0.395. The fraction of sp³-hybridized carbons (Fsp3) is 0.179. The lowest BCUT2D eigenvalue weighted by Gasteiger charge is -2.30. The molecule has 3 N–H and O–H groups in total. The molecule has 2 aromatic carbocycles. The average molecular weight is 511 g/mol. The molecular formula is C28H26N6O2S. The summed E-state index contributed by atoms with van der Waals surface area (Å²) in [6.45, 7) is 2.03. The van der Waals surface area contributed by atoms with Gasteiger partial charge in [0.2, 0.25) is 5.91 Å². The monoisotopic (exact) mass is 510 g/mol. The summed E-state index contributed by atoms with van der Waals surface area (Å²) in [5, 5.41) is 6.96. The summed E-state index contributed by atoms with van der Waals surface area (Å²) in [6, 6.07) is 15.4. The zero-order chi connectivity index (χ0) is 25.2. The number of aromatic amines is 1. The Labute approximate surface area is 218 Å². The standard InChI is InChI=1S/C28H26N6O2S/c29-27(35)23-8-4-7-22(19-15-30-31-16-19)26(23)28-32-24(17-34(28)20-5-2-1-3-6-20)25-10-9-21(18-36-25)33-11-13-37-14-12-33/h1-10,15-18,25H,11-14H2,(H2,29,35)(H,30,31). The third kappa shape index (κ3) is 4.53. The zero-order valence-electron chi connectivity index (χ0n) is 20.1. The number of para-hydroxylation sites is 1. The van der Waals surface area contributed by atoms with E-state index in [2.05, 4.69) is 21.2 Å². The molecule has 0 saturated carbocycles. The number of aromatic nitrogens is 4. The third-order valence-corrected chi connectivity index (χ3v) is 7.51. The fourth-order valence-electron chi connectivity index (χ4n) is 4.72. The van der Waals surface area contributed by atoms with Crippen LogP contribution >= 0.6 is 11.8 Å². The lowest BCUT2D eigenvalue weighted by Crippen LogP contribution is -2.32. The van der Waals surface area contributed by atoms with E-state index in [-0.39, 0.29) is 6.10 Å².